The van der Waals surface area contributed by atoms with Crippen molar-refractivity contribution in [3.63, 3.8) is 0 Å². The SMILES string of the molecule is O=S(=O)(c1cccnc1Cl)N1CC=C(C(F)(F)F)CC1. The molecule has 2 rings (SSSR count). The maximum Gasteiger partial charge on any atom is 0.412 e. The average Bonchev–Trinajstić information content (AvgIpc) is 2.38. The Labute approximate surface area is 118 Å². The first-order chi connectivity index (χ1) is 9.23. The van der Waals surface area contributed by atoms with Gasteiger partial charge in [0.25, 0.3) is 0 Å². The van der Waals surface area contributed by atoms with E-state index in [0.717, 1.165) is 10.4 Å². The quantitative estimate of drug-likeness (QED) is 0.620. The summed E-state index contributed by atoms with van der Waals surface area (Å²) in [5, 5.41) is -0.196. The van der Waals surface area contributed by atoms with Crippen molar-refractivity contribution in [1.82, 2.24) is 9.29 Å². The number of alkyl halides is 3. The Bertz CT molecular complexity index is 643. The van der Waals surface area contributed by atoms with Crippen LogP contribution in [0.2, 0.25) is 5.15 Å². The molecule has 0 unspecified atom stereocenters. The molecular weight excluding hydrogens is 317 g/mol. The largest absolute Gasteiger partial charge is 0.412 e. The van der Waals surface area contributed by atoms with E-state index in [0.29, 0.717) is 0 Å². The summed E-state index contributed by atoms with van der Waals surface area (Å²) >= 11 is 5.72. The van der Waals surface area contributed by atoms with E-state index in [-0.39, 0.29) is 29.6 Å². The molecule has 1 aliphatic heterocycles. The molecule has 0 saturated heterocycles. The molecule has 0 radical (unpaired) electrons. The topological polar surface area (TPSA) is 50.3 Å². The van der Waals surface area contributed by atoms with E-state index >= 15 is 0 Å². The molecule has 0 amide bonds. The second-order valence-electron chi connectivity index (χ2n) is 4.13. The normalized spacial score (nSPS) is 17.9. The van der Waals surface area contributed by atoms with Crippen LogP contribution in [0.15, 0.2) is 34.9 Å². The van der Waals surface area contributed by atoms with E-state index < -0.39 is 21.8 Å². The summed E-state index contributed by atoms with van der Waals surface area (Å²) in [6.07, 6.45) is -2.58. The van der Waals surface area contributed by atoms with Crippen molar-refractivity contribution in [2.24, 2.45) is 0 Å². The first-order valence-corrected chi connectivity index (χ1v) is 7.41. The number of pyridine rings is 1. The van der Waals surface area contributed by atoms with Crippen LogP contribution in [0.25, 0.3) is 0 Å². The van der Waals surface area contributed by atoms with Crippen molar-refractivity contribution in [3.8, 4) is 0 Å². The summed E-state index contributed by atoms with van der Waals surface area (Å²) in [4.78, 5) is 3.46. The minimum Gasteiger partial charge on any atom is -0.243 e. The molecule has 0 spiro atoms. The van der Waals surface area contributed by atoms with E-state index in [4.69, 9.17) is 11.6 Å². The molecule has 4 nitrogen and oxygen atoms in total. The standard InChI is InChI=1S/C11H10ClF3N2O2S/c12-10-9(2-1-5-16-10)20(18,19)17-6-3-8(4-7-17)11(13,14)15/h1-3,5H,4,6-7H2. The van der Waals surface area contributed by atoms with Crippen molar-refractivity contribution in [2.45, 2.75) is 17.5 Å². The molecule has 0 fully saturated rings. The van der Waals surface area contributed by atoms with Gasteiger partial charge in [-0.3, -0.25) is 0 Å². The third-order valence-electron chi connectivity index (χ3n) is 2.88. The smallest absolute Gasteiger partial charge is 0.243 e. The predicted octanol–water partition coefficient (Wildman–Crippen LogP) is 2.62. The fraction of sp³-hybridized carbons (Fsp3) is 0.364. The van der Waals surface area contributed by atoms with Gasteiger partial charge in [0, 0.05) is 24.9 Å². The molecule has 1 aliphatic rings. The third kappa shape index (κ3) is 2.97. The van der Waals surface area contributed by atoms with Gasteiger partial charge >= 0.3 is 6.18 Å². The van der Waals surface area contributed by atoms with Crippen LogP contribution in [0.4, 0.5) is 13.2 Å². The van der Waals surface area contributed by atoms with Gasteiger partial charge in [-0.15, -0.1) is 0 Å². The monoisotopic (exact) mass is 326 g/mol. The Hall–Kier alpha value is -1.12. The van der Waals surface area contributed by atoms with Crippen molar-refractivity contribution < 1.29 is 21.6 Å². The fourth-order valence-electron chi connectivity index (χ4n) is 1.83. The van der Waals surface area contributed by atoms with E-state index in [1.165, 1.54) is 18.3 Å². The van der Waals surface area contributed by atoms with Crippen LogP contribution in [0, 0.1) is 0 Å². The van der Waals surface area contributed by atoms with E-state index in [1.54, 1.807) is 0 Å². The van der Waals surface area contributed by atoms with Crippen molar-refractivity contribution in [2.75, 3.05) is 13.1 Å². The van der Waals surface area contributed by atoms with Gasteiger partial charge in [0.1, 0.15) is 10.0 Å². The molecular formula is C11H10ClF3N2O2S. The Morgan fingerprint density at radius 2 is 2.05 bits per heavy atom. The fourth-order valence-corrected chi connectivity index (χ4v) is 3.64. The maximum atomic E-state index is 12.5. The van der Waals surface area contributed by atoms with Gasteiger partial charge in [0.05, 0.1) is 0 Å². The highest BCUT2D eigenvalue weighted by Crippen LogP contribution is 2.32. The van der Waals surface area contributed by atoms with Crippen LogP contribution in [-0.2, 0) is 10.0 Å². The number of hydrogen-bond donors (Lipinski definition) is 0. The molecule has 1 aromatic heterocycles. The van der Waals surface area contributed by atoms with Gasteiger partial charge in [0.15, 0.2) is 0 Å². The molecule has 2 heterocycles. The first kappa shape index (κ1) is 15.3. The van der Waals surface area contributed by atoms with Crippen LogP contribution in [-0.4, -0.2) is 37.0 Å². The van der Waals surface area contributed by atoms with E-state index in [2.05, 4.69) is 4.98 Å². The van der Waals surface area contributed by atoms with Crippen LogP contribution < -0.4 is 0 Å². The first-order valence-electron chi connectivity index (χ1n) is 5.60. The summed E-state index contributed by atoms with van der Waals surface area (Å²) in [6, 6.07) is 2.67. The minimum atomic E-state index is -4.41. The Morgan fingerprint density at radius 1 is 1.35 bits per heavy atom. The molecule has 0 bridgehead atoms. The lowest BCUT2D eigenvalue weighted by molar-refractivity contribution is -0.0953. The Balaban J connectivity index is 2.27. The van der Waals surface area contributed by atoms with Crippen LogP contribution in [0.5, 0.6) is 0 Å². The molecule has 1 aromatic rings. The van der Waals surface area contributed by atoms with Gasteiger partial charge in [-0.1, -0.05) is 17.7 Å². The Kier molecular flexibility index (Phi) is 4.08. The van der Waals surface area contributed by atoms with Gasteiger partial charge in [-0.25, -0.2) is 13.4 Å². The number of rotatable bonds is 2. The maximum absolute atomic E-state index is 12.5. The van der Waals surface area contributed by atoms with Crippen LogP contribution >= 0.6 is 11.6 Å². The lowest BCUT2D eigenvalue weighted by Crippen LogP contribution is -2.37. The zero-order valence-electron chi connectivity index (χ0n) is 10.1. The minimum absolute atomic E-state index is 0.196. The highest BCUT2D eigenvalue weighted by Gasteiger charge is 2.37. The second-order valence-corrected chi connectivity index (χ2v) is 6.40. The van der Waals surface area contributed by atoms with Crippen molar-refractivity contribution in [1.29, 1.82) is 0 Å². The van der Waals surface area contributed by atoms with Crippen LogP contribution in [0.1, 0.15) is 6.42 Å². The molecule has 110 valence electrons. The lowest BCUT2D eigenvalue weighted by atomic mass is 10.1. The van der Waals surface area contributed by atoms with E-state index in [9.17, 15) is 21.6 Å². The lowest BCUT2D eigenvalue weighted by Gasteiger charge is -2.26. The average molecular weight is 327 g/mol. The second kappa shape index (κ2) is 5.34. The van der Waals surface area contributed by atoms with Crippen molar-refractivity contribution >= 4 is 21.6 Å². The Morgan fingerprint density at radius 3 is 2.55 bits per heavy atom. The molecule has 0 aliphatic carbocycles. The van der Waals surface area contributed by atoms with Crippen LogP contribution in [0.3, 0.4) is 0 Å². The zero-order chi connectivity index (χ0) is 15.0. The van der Waals surface area contributed by atoms with Crippen molar-refractivity contribution in [3.05, 3.63) is 35.1 Å². The number of hydrogen-bond acceptors (Lipinski definition) is 3. The molecule has 0 saturated carbocycles. The number of aromatic nitrogens is 1. The number of nitrogens with zero attached hydrogens (tertiary/aromatic N) is 2. The van der Waals surface area contributed by atoms with Gasteiger partial charge in [0.2, 0.25) is 10.0 Å². The zero-order valence-corrected chi connectivity index (χ0v) is 11.6. The summed E-state index contributed by atoms with van der Waals surface area (Å²) in [5.74, 6) is 0. The third-order valence-corrected chi connectivity index (χ3v) is 5.19. The summed E-state index contributed by atoms with van der Waals surface area (Å²) in [5.41, 5.74) is -0.707. The number of sulfonamides is 1. The molecule has 20 heavy (non-hydrogen) atoms. The number of halogens is 4. The molecule has 0 N–H and O–H groups in total. The highest BCUT2D eigenvalue weighted by atomic mass is 35.5. The van der Waals surface area contributed by atoms with Gasteiger partial charge < -0.3 is 0 Å². The summed E-state index contributed by atoms with van der Waals surface area (Å²) in [7, 11) is -3.93. The predicted molar refractivity (Wildman–Crippen MR) is 66.8 cm³/mol. The highest BCUT2D eigenvalue weighted by molar-refractivity contribution is 7.89. The van der Waals surface area contributed by atoms with Gasteiger partial charge in [-0.2, -0.15) is 17.5 Å². The molecule has 0 aromatic carbocycles. The summed E-state index contributed by atoms with van der Waals surface area (Å²) < 4.78 is 62.9. The van der Waals surface area contributed by atoms with Gasteiger partial charge in [-0.05, 0) is 18.6 Å². The summed E-state index contributed by atoms with van der Waals surface area (Å²) in [6.45, 7) is -0.568. The molecule has 9 heteroatoms. The van der Waals surface area contributed by atoms with E-state index in [1.807, 2.05) is 0 Å². The molecule has 0 atom stereocenters.